The van der Waals surface area contributed by atoms with Gasteiger partial charge in [0.15, 0.2) is 5.96 Å². The van der Waals surface area contributed by atoms with Gasteiger partial charge in [0.05, 0.1) is 18.4 Å². The maximum absolute atomic E-state index is 12.9. The van der Waals surface area contributed by atoms with Gasteiger partial charge >= 0.3 is 0 Å². The molecule has 1 aliphatic rings. The molecule has 1 aromatic carbocycles. The number of piperidine rings is 1. The molecule has 24 heavy (non-hydrogen) atoms. The minimum absolute atomic E-state index is 0. The number of likely N-dealkylation sites (tertiary alicyclic amines) is 1. The molecule has 6 heteroatoms. The van der Waals surface area contributed by atoms with Gasteiger partial charge in [0.2, 0.25) is 0 Å². The Labute approximate surface area is 159 Å². The van der Waals surface area contributed by atoms with Crippen LogP contribution >= 0.6 is 24.0 Å². The van der Waals surface area contributed by atoms with E-state index in [4.69, 9.17) is 0 Å². The van der Waals surface area contributed by atoms with Crippen LogP contribution in [-0.2, 0) is 6.54 Å². The Bertz CT molecular complexity index is 640. The van der Waals surface area contributed by atoms with Crippen molar-refractivity contribution < 1.29 is 4.39 Å². The molecule has 1 N–H and O–H groups in total. The Balaban J connectivity index is 0.00000208. The van der Waals surface area contributed by atoms with Crippen LogP contribution in [0.1, 0.15) is 25.0 Å². The Morgan fingerprint density at radius 1 is 1.08 bits per heavy atom. The summed E-state index contributed by atoms with van der Waals surface area (Å²) >= 11 is 0. The minimum atomic E-state index is -0.323. The number of aromatic nitrogens is 1. The second-order valence-electron chi connectivity index (χ2n) is 5.65. The van der Waals surface area contributed by atoms with Crippen LogP contribution < -0.4 is 5.32 Å². The van der Waals surface area contributed by atoms with Gasteiger partial charge in [0, 0.05) is 18.8 Å². The van der Waals surface area contributed by atoms with E-state index in [1.165, 1.54) is 31.5 Å². The summed E-state index contributed by atoms with van der Waals surface area (Å²) in [7, 11) is 0. The number of nitrogens with zero attached hydrogens (tertiary/aromatic N) is 3. The monoisotopic (exact) mass is 440 g/mol. The first-order valence-electron chi connectivity index (χ1n) is 8.03. The Hall–Kier alpha value is -1.70. The van der Waals surface area contributed by atoms with E-state index in [0.29, 0.717) is 6.54 Å². The number of halogens is 2. The first-order chi connectivity index (χ1) is 11.3. The number of rotatable bonds is 3. The smallest absolute Gasteiger partial charge is 0.198 e. The van der Waals surface area contributed by atoms with Crippen molar-refractivity contribution in [3.05, 3.63) is 60.2 Å². The van der Waals surface area contributed by atoms with Crippen LogP contribution in [0, 0.1) is 5.82 Å². The van der Waals surface area contributed by atoms with Gasteiger partial charge in [-0.2, -0.15) is 0 Å². The van der Waals surface area contributed by atoms with Gasteiger partial charge in [0.25, 0.3) is 0 Å². The average Bonchev–Trinajstić information content (AvgIpc) is 2.61. The van der Waals surface area contributed by atoms with Crippen molar-refractivity contribution >= 4 is 35.6 Å². The first-order valence-corrected chi connectivity index (χ1v) is 8.03. The van der Waals surface area contributed by atoms with Crippen molar-refractivity contribution in [1.29, 1.82) is 0 Å². The Kier molecular flexibility index (Phi) is 7.42. The van der Waals surface area contributed by atoms with E-state index in [9.17, 15) is 4.39 Å². The zero-order valence-electron chi connectivity index (χ0n) is 13.5. The lowest BCUT2D eigenvalue weighted by atomic mass is 10.1. The van der Waals surface area contributed by atoms with Gasteiger partial charge in [0.1, 0.15) is 5.82 Å². The molecule has 0 amide bonds. The van der Waals surface area contributed by atoms with Crippen molar-refractivity contribution in [3.8, 4) is 0 Å². The Morgan fingerprint density at radius 2 is 1.83 bits per heavy atom. The lowest BCUT2D eigenvalue weighted by Gasteiger charge is -2.30. The number of hydrogen-bond donors (Lipinski definition) is 1. The van der Waals surface area contributed by atoms with Crippen molar-refractivity contribution in [3.63, 3.8) is 0 Å². The van der Waals surface area contributed by atoms with Crippen LogP contribution in [0.4, 0.5) is 10.1 Å². The fourth-order valence-electron chi connectivity index (χ4n) is 2.63. The number of benzene rings is 1. The number of nitrogens with one attached hydrogen (secondary N) is 1. The van der Waals surface area contributed by atoms with Crippen LogP contribution in [0.5, 0.6) is 0 Å². The SMILES string of the molecule is Fc1ccc(CN=C(Nc2ccccc2)N2CCCCC2)nc1.I. The van der Waals surface area contributed by atoms with E-state index < -0.39 is 0 Å². The molecule has 0 saturated carbocycles. The number of pyridine rings is 1. The van der Waals surface area contributed by atoms with E-state index in [1.54, 1.807) is 6.07 Å². The molecule has 4 nitrogen and oxygen atoms in total. The molecule has 0 aliphatic carbocycles. The maximum Gasteiger partial charge on any atom is 0.198 e. The lowest BCUT2D eigenvalue weighted by molar-refractivity contribution is 0.340. The second kappa shape index (κ2) is 9.56. The van der Waals surface area contributed by atoms with Gasteiger partial charge in [-0.3, -0.25) is 4.98 Å². The van der Waals surface area contributed by atoms with Crippen molar-refractivity contribution in [2.24, 2.45) is 4.99 Å². The number of hydrogen-bond acceptors (Lipinski definition) is 2. The molecule has 0 bridgehead atoms. The molecule has 2 heterocycles. The molecule has 0 radical (unpaired) electrons. The largest absolute Gasteiger partial charge is 0.343 e. The van der Waals surface area contributed by atoms with Crippen molar-refractivity contribution in [2.45, 2.75) is 25.8 Å². The lowest BCUT2D eigenvalue weighted by Crippen LogP contribution is -2.40. The van der Waals surface area contributed by atoms with Crippen LogP contribution in [-0.4, -0.2) is 28.9 Å². The number of guanidine groups is 1. The molecular formula is C18H22FIN4. The normalized spacial score (nSPS) is 14.9. The van der Waals surface area contributed by atoms with Gasteiger partial charge in [-0.05, 0) is 43.5 Å². The average molecular weight is 440 g/mol. The molecule has 1 aromatic heterocycles. The number of aliphatic imine (C=N–C) groups is 1. The molecule has 0 unspecified atom stereocenters. The van der Waals surface area contributed by atoms with Crippen LogP contribution in [0.25, 0.3) is 0 Å². The minimum Gasteiger partial charge on any atom is -0.343 e. The molecular weight excluding hydrogens is 418 g/mol. The number of anilines is 1. The molecule has 1 fully saturated rings. The summed E-state index contributed by atoms with van der Waals surface area (Å²) in [5.41, 5.74) is 1.78. The zero-order valence-corrected chi connectivity index (χ0v) is 15.8. The summed E-state index contributed by atoms with van der Waals surface area (Å²) in [5, 5.41) is 3.40. The highest BCUT2D eigenvalue weighted by molar-refractivity contribution is 14.0. The third-order valence-electron chi connectivity index (χ3n) is 3.86. The molecule has 2 aromatic rings. The molecule has 128 valence electrons. The van der Waals surface area contributed by atoms with Crippen molar-refractivity contribution in [2.75, 3.05) is 18.4 Å². The highest BCUT2D eigenvalue weighted by atomic mass is 127. The maximum atomic E-state index is 12.9. The third-order valence-corrected chi connectivity index (χ3v) is 3.86. The van der Waals surface area contributed by atoms with Crippen LogP contribution in [0.2, 0.25) is 0 Å². The van der Waals surface area contributed by atoms with E-state index in [-0.39, 0.29) is 29.8 Å². The standard InChI is InChI=1S/C18H21FN4.HI/c19-15-9-10-17(20-13-15)14-21-18(23-11-5-2-6-12-23)22-16-7-3-1-4-8-16;/h1,3-4,7-10,13H,2,5-6,11-12,14H2,(H,21,22);1H. The predicted molar refractivity (Wildman–Crippen MR) is 106 cm³/mol. The highest BCUT2D eigenvalue weighted by Crippen LogP contribution is 2.13. The van der Waals surface area contributed by atoms with Crippen LogP contribution in [0.3, 0.4) is 0 Å². The van der Waals surface area contributed by atoms with E-state index in [0.717, 1.165) is 30.4 Å². The number of para-hydroxylation sites is 1. The quantitative estimate of drug-likeness (QED) is 0.440. The van der Waals surface area contributed by atoms with Gasteiger partial charge < -0.3 is 10.2 Å². The van der Waals surface area contributed by atoms with Gasteiger partial charge in [-0.1, -0.05) is 18.2 Å². The molecule has 3 rings (SSSR count). The summed E-state index contributed by atoms with van der Waals surface area (Å²) in [6.07, 6.45) is 4.87. The fourth-order valence-corrected chi connectivity index (χ4v) is 2.63. The van der Waals surface area contributed by atoms with Gasteiger partial charge in [-0.25, -0.2) is 9.38 Å². The highest BCUT2D eigenvalue weighted by Gasteiger charge is 2.15. The van der Waals surface area contributed by atoms with E-state index >= 15 is 0 Å². The predicted octanol–water partition coefficient (Wildman–Crippen LogP) is 4.29. The van der Waals surface area contributed by atoms with Gasteiger partial charge in [-0.15, -0.1) is 24.0 Å². The molecule has 1 saturated heterocycles. The van der Waals surface area contributed by atoms with E-state index in [1.807, 2.05) is 30.3 Å². The second-order valence-corrected chi connectivity index (χ2v) is 5.65. The molecule has 0 atom stereocenters. The zero-order chi connectivity index (χ0) is 15.9. The van der Waals surface area contributed by atoms with Crippen molar-refractivity contribution in [1.82, 2.24) is 9.88 Å². The summed E-state index contributed by atoms with van der Waals surface area (Å²) in [4.78, 5) is 11.0. The Morgan fingerprint density at radius 3 is 2.50 bits per heavy atom. The van der Waals surface area contributed by atoms with Crippen LogP contribution in [0.15, 0.2) is 53.7 Å². The summed E-state index contributed by atoms with van der Waals surface area (Å²) in [6, 6.07) is 13.1. The topological polar surface area (TPSA) is 40.5 Å². The third kappa shape index (κ3) is 5.43. The fraction of sp³-hybridized carbons (Fsp3) is 0.333. The summed E-state index contributed by atoms with van der Waals surface area (Å²) in [6.45, 7) is 2.46. The van der Waals surface area contributed by atoms with E-state index in [2.05, 4.69) is 20.2 Å². The molecule has 1 aliphatic heterocycles. The summed E-state index contributed by atoms with van der Waals surface area (Å²) < 4.78 is 12.9. The summed E-state index contributed by atoms with van der Waals surface area (Å²) in [5.74, 6) is 0.540. The molecule has 0 spiro atoms. The first kappa shape index (κ1) is 18.6.